The molecule has 0 fully saturated rings. The largest absolute Gasteiger partial charge is 0.238 e. The minimum absolute atomic E-state index is 0.973. The fourth-order valence-electron chi connectivity index (χ4n) is 1.36. The molecule has 0 saturated carbocycles. The molecule has 0 N–H and O–H groups in total. The number of fused-ring (bicyclic) bond motifs is 1. The minimum Gasteiger partial charge on any atom is -0.238 e. The molecule has 0 radical (unpaired) electrons. The molecule has 0 atom stereocenters. The van der Waals surface area contributed by atoms with Gasteiger partial charge < -0.3 is 0 Å². The van der Waals surface area contributed by atoms with Crippen molar-refractivity contribution in [1.82, 2.24) is 14.6 Å². The van der Waals surface area contributed by atoms with Gasteiger partial charge in [-0.3, -0.25) is 0 Å². The molecular formula is C10H14BrN3. The van der Waals surface area contributed by atoms with Gasteiger partial charge >= 0.3 is 0 Å². The Kier molecular flexibility index (Phi) is 3.63. The first kappa shape index (κ1) is 11.2. The SMILES string of the molecule is CC.Cc1cc(Br)n2ncnc(C)c12. The van der Waals surface area contributed by atoms with Crippen molar-refractivity contribution in [2.24, 2.45) is 0 Å². The summed E-state index contributed by atoms with van der Waals surface area (Å²) in [5, 5.41) is 4.12. The second-order valence-electron chi connectivity index (χ2n) is 2.76. The van der Waals surface area contributed by atoms with E-state index in [2.05, 4.69) is 32.9 Å². The molecule has 76 valence electrons. The van der Waals surface area contributed by atoms with E-state index in [1.165, 1.54) is 5.56 Å². The van der Waals surface area contributed by atoms with Crippen molar-refractivity contribution in [2.45, 2.75) is 27.7 Å². The maximum Gasteiger partial charge on any atom is 0.136 e. The van der Waals surface area contributed by atoms with Crippen LogP contribution in [-0.4, -0.2) is 14.6 Å². The maximum absolute atomic E-state index is 4.13. The highest BCUT2D eigenvalue weighted by Crippen LogP contribution is 2.20. The van der Waals surface area contributed by atoms with Crippen LogP contribution in [0.25, 0.3) is 5.52 Å². The molecule has 0 amide bonds. The second-order valence-corrected chi connectivity index (χ2v) is 3.57. The van der Waals surface area contributed by atoms with Crippen LogP contribution < -0.4 is 0 Å². The fourth-order valence-corrected chi connectivity index (χ4v) is 1.97. The lowest BCUT2D eigenvalue weighted by Crippen LogP contribution is -1.95. The van der Waals surface area contributed by atoms with Crippen LogP contribution in [0.15, 0.2) is 17.0 Å². The van der Waals surface area contributed by atoms with Gasteiger partial charge in [-0.25, -0.2) is 9.50 Å². The van der Waals surface area contributed by atoms with E-state index in [0.29, 0.717) is 0 Å². The van der Waals surface area contributed by atoms with E-state index in [1.807, 2.05) is 31.4 Å². The van der Waals surface area contributed by atoms with Crippen molar-refractivity contribution in [2.75, 3.05) is 0 Å². The zero-order valence-electron chi connectivity index (χ0n) is 8.87. The van der Waals surface area contributed by atoms with Crippen LogP contribution in [0.1, 0.15) is 25.1 Å². The van der Waals surface area contributed by atoms with Gasteiger partial charge in [0.25, 0.3) is 0 Å². The van der Waals surface area contributed by atoms with Crippen molar-refractivity contribution in [3.8, 4) is 0 Å². The van der Waals surface area contributed by atoms with Gasteiger partial charge in [0.15, 0.2) is 0 Å². The van der Waals surface area contributed by atoms with Crippen LogP contribution in [0.3, 0.4) is 0 Å². The van der Waals surface area contributed by atoms with E-state index in [1.54, 1.807) is 6.33 Å². The van der Waals surface area contributed by atoms with E-state index in [9.17, 15) is 0 Å². The third-order valence-electron chi connectivity index (χ3n) is 1.88. The molecule has 0 spiro atoms. The summed E-state index contributed by atoms with van der Waals surface area (Å²) >= 11 is 3.42. The Balaban J connectivity index is 0.000000461. The summed E-state index contributed by atoms with van der Waals surface area (Å²) in [5.74, 6) is 0. The first-order valence-corrected chi connectivity index (χ1v) is 5.45. The summed E-state index contributed by atoms with van der Waals surface area (Å²) in [4.78, 5) is 4.13. The average Bonchev–Trinajstić information content (AvgIpc) is 2.47. The second kappa shape index (κ2) is 4.55. The Hall–Kier alpha value is -0.900. The highest BCUT2D eigenvalue weighted by atomic mass is 79.9. The Morgan fingerprint density at radius 1 is 1.29 bits per heavy atom. The van der Waals surface area contributed by atoms with Crippen LogP contribution >= 0.6 is 15.9 Å². The molecule has 0 bridgehead atoms. The third-order valence-corrected chi connectivity index (χ3v) is 2.45. The summed E-state index contributed by atoms with van der Waals surface area (Å²) in [6, 6.07) is 2.04. The normalized spacial score (nSPS) is 9.79. The highest BCUT2D eigenvalue weighted by Gasteiger charge is 2.06. The lowest BCUT2D eigenvalue weighted by Gasteiger charge is -1.97. The summed E-state index contributed by atoms with van der Waals surface area (Å²) in [5.41, 5.74) is 3.29. The van der Waals surface area contributed by atoms with Gasteiger partial charge in [-0.2, -0.15) is 5.10 Å². The molecule has 2 heterocycles. The topological polar surface area (TPSA) is 30.2 Å². The van der Waals surface area contributed by atoms with Gasteiger partial charge in [-0.15, -0.1) is 0 Å². The summed E-state index contributed by atoms with van der Waals surface area (Å²) in [7, 11) is 0. The fraction of sp³-hybridized carbons (Fsp3) is 0.400. The molecule has 0 unspecified atom stereocenters. The molecule has 2 aromatic rings. The van der Waals surface area contributed by atoms with Crippen molar-refractivity contribution < 1.29 is 0 Å². The Labute approximate surface area is 92.3 Å². The summed E-state index contributed by atoms with van der Waals surface area (Å²) < 4.78 is 2.82. The first-order valence-electron chi connectivity index (χ1n) is 4.65. The number of nitrogens with zero attached hydrogens (tertiary/aromatic N) is 3. The monoisotopic (exact) mass is 255 g/mol. The lowest BCUT2D eigenvalue weighted by atomic mass is 10.3. The predicted octanol–water partition coefficient (Wildman–Crippen LogP) is 3.13. The maximum atomic E-state index is 4.13. The lowest BCUT2D eigenvalue weighted by molar-refractivity contribution is 0.870. The molecule has 0 saturated heterocycles. The van der Waals surface area contributed by atoms with Gasteiger partial charge in [0.2, 0.25) is 0 Å². The first-order chi connectivity index (χ1) is 6.70. The third kappa shape index (κ3) is 1.80. The van der Waals surface area contributed by atoms with E-state index >= 15 is 0 Å². The minimum atomic E-state index is 0.973. The molecule has 2 aromatic heterocycles. The zero-order chi connectivity index (χ0) is 10.7. The Morgan fingerprint density at radius 2 is 1.93 bits per heavy atom. The molecule has 0 aromatic carbocycles. The molecule has 0 aliphatic heterocycles. The van der Waals surface area contributed by atoms with Crippen molar-refractivity contribution in [1.29, 1.82) is 0 Å². The van der Waals surface area contributed by atoms with Crippen LogP contribution in [0, 0.1) is 13.8 Å². The number of aromatic nitrogens is 3. The standard InChI is InChI=1S/C8H8BrN3.C2H6/c1-5-3-7(9)12-8(5)6(2)10-4-11-12;1-2/h3-4H,1-2H3;1-2H3. The van der Waals surface area contributed by atoms with Crippen LogP contribution in [0.4, 0.5) is 0 Å². The predicted molar refractivity (Wildman–Crippen MR) is 61.5 cm³/mol. The number of halogens is 1. The number of hydrogen-bond acceptors (Lipinski definition) is 2. The Bertz CT molecular complexity index is 434. The summed E-state index contributed by atoms with van der Waals surface area (Å²) in [6.45, 7) is 8.03. The molecule has 14 heavy (non-hydrogen) atoms. The molecular weight excluding hydrogens is 242 g/mol. The van der Waals surface area contributed by atoms with E-state index in [0.717, 1.165) is 15.8 Å². The Morgan fingerprint density at radius 3 is 2.50 bits per heavy atom. The van der Waals surface area contributed by atoms with E-state index < -0.39 is 0 Å². The smallest absolute Gasteiger partial charge is 0.136 e. The van der Waals surface area contributed by atoms with Gasteiger partial charge in [-0.05, 0) is 41.4 Å². The van der Waals surface area contributed by atoms with Gasteiger partial charge in [0.1, 0.15) is 10.9 Å². The molecule has 3 nitrogen and oxygen atoms in total. The van der Waals surface area contributed by atoms with Crippen LogP contribution in [0.2, 0.25) is 0 Å². The van der Waals surface area contributed by atoms with Crippen LogP contribution in [0.5, 0.6) is 0 Å². The van der Waals surface area contributed by atoms with Gasteiger partial charge in [-0.1, -0.05) is 13.8 Å². The number of rotatable bonds is 0. The van der Waals surface area contributed by atoms with Crippen molar-refractivity contribution in [3.05, 3.63) is 28.3 Å². The molecule has 2 rings (SSSR count). The number of hydrogen-bond donors (Lipinski definition) is 0. The van der Waals surface area contributed by atoms with E-state index in [-0.39, 0.29) is 0 Å². The van der Waals surface area contributed by atoms with E-state index in [4.69, 9.17) is 0 Å². The van der Waals surface area contributed by atoms with Crippen molar-refractivity contribution in [3.63, 3.8) is 0 Å². The van der Waals surface area contributed by atoms with Crippen molar-refractivity contribution >= 4 is 21.4 Å². The van der Waals surface area contributed by atoms with Gasteiger partial charge in [0.05, 0.1) is 11.2 Å². The highest BCUT2D eigenvalue weighted by molar-refractivity contribution is 9.10. The molecule has 0 aliphatic rings. The molecule has 0 aliphatic carbocycles. The quantitative estimate of drug-likeness (QED) is 0.724. The van der Waals surface area contributed by atoms with Crippen LogP contribution in [-0.2, 0) is 0 Å². The number of aryl methyl sites for hydroxylation is 2. The average molecular weight is 256 g/mol. The van der Waals surface area contributed by atoms with Gasteiger partial charge in [0, 0.05) is 0 Å². The molecule has 4 heteroatoms. The zero-order valence-corrected chi connectivity index (χ0v) is 10.5. The summed E-state index contributed by atoms with van der Waals surface area (Å²) in [6.07, 6.45) is 1.56.